The van der Waals surface area contributed by atoms with Gasteiger partial charge >= 0.3 is 0 Å². The second kappa shape index (κ2) is 9.02. The van der Waals surface area contributed by atoms with Gasteiger partial charge in [-0.25, -0.2) is 0 Å². The Kier molecular flexibility index (Phi) is 8.88. The molecular formula is C9H20NO5-. The molecule has 0 fully saturated rings. The smallest absolute Gasteiger partial charge is 0.154 e. The molecule has 0 aromatic rings. The van der Waals surface area contributed by atoms with Gasteiger partial charge in [-0.2, -0.15) is 0 Å². The molecule has 0 bridgehead atoms. The largest absolute Gasteiger partial charge is 0.762 e. The predicted octanol–water partition coefficient (Wildman–Crippen LogP) is 0.498. The molecule has 0 spiro atoms. The first kappa shape index (κ1) is 14.8. The Hall–Kier alpha value is -0.240. The number of hydrogen-bond donors (Lipinski definition) is 1. The molecule has 0 aromatic heterocycles. The van der Waals surface area contributed by atoms with E-state index in [9.17, 15) is 10.3 Å². The number of aliphatic hydroxyl groups is 1. The Morgan fingerprint density at radius 2 is 2.13 bits per heavy atom. The van der Waals surface area contributed by atoms with Crippen LogP contribution in [-0.4, -0.2) is 50.1 Å². The number of rotatable bonds is 9. The molecule has 6 nitrogen and oxygen atoms in total. The van der Waals surface area contributed by atoms with E-state index in [-0.39, 0.29) is 12.7 Å². The van der Waals surface area contributed by atoms with E-state index in [0.29, 0.717) is 24.7 Å². The van der Waals surface area contributed by atoms with Crippen molar-refractivity contribution in [2.24, 2.45) is 0 Å². The second-order valence-corrected chi connectivity index (χ2v) is 3.14. The van der Waals surface area contributed by atoms with Crippen molar-refractivity contribution in [3.63, 3.8) is 0 Å². The van der Waals surface area contributed by atoms with Gasteiger partial charge in [0.25, 0.3) is 0 Å². The number of nitrogens with zero attached hydrogens (tertiary/aromatic N) is 1. The first-order valence-electron chi connectivity index (χ1n) is 4.96. The Labute approximate surface area is 90.3 Å². The maximum absolute atomic E-state index is 10.4. The van der Waals surface area contributed by atoms with Crippen LogP contribution in [0.2, 0.25) is 0 Å². The van der Waals surface area contributed by atoms with Crippen molar-refractivity contribution in [3.05, 3.63) is 5.21 Å². The Balaban J connectivity index is 3.72. The molecule has 0 aliphatic carbocycles. The molecule has 0 heterocycles. The molecule has 15 heavy (non-hydrogen) atoms. The van der Waals surface area contributed by atoms with Crippen molar-refractivity contribution >= 4 is 0 Å². The molecule has 1 N–H and O–H groups in total. The van der Waals surface area contributed by atoms with Crippen LogP contribution < -0.4 is 0 Å². The van der Waals surface area contributed by atoms with E-state index < -0.39 is 6.29 Å². The normalized spacial score (nSPS) is 15.6. The van der Waals surface area contributed by atoms with Crippen LogP contribution in [0, 0.1) is 5.21 Å². The molecular weight excluding hydrogens is 202 g/mol. The minimum Gasteiger partial charge on any atom is -0.762 e. The standard InChI is InChI=1S/C9H20NO5/c1-4-9(11)15-8(7-13-3)5-6-14-10(2)12/h8-9,11H,4-7H2,1-3H3/q-1. The number of aliphatic hydroxyl groups excluding tert-OH is 1. The van der Waals surface area contributed by atoms with Gasteiger partial charge in [-0.15, -0.1) is 0 Å². The van der Waals surface area contributed by atoms with Gasteiger partial charge < -0.3 is 24.6 Å². The van der Waals surface area contributed by atoms with E-state index in [2.05, 4.69) is 0 Å². The zero-order valence-electron chi connectivity index (χ0n) is 9.51. The predicted molar refractivity (Wildman–Crippen MR) is 54.7 cm³/mol. The summed E-state index contributed by atoms with van der Waals surface area (Å²) >= 11 is 0. The average Bonchev–Trinajstić information content (AvgIpc) is 2.17. The molecule has 0 saturated heterocycles. The molecule has 0 aliphatic rings. The van der Waals surface area contributed by atoms with Crippen molar-refractivity contribution in [1.82, 2.24) is 5.23 Å². The van der Waals surface area contributed by atoms with Gasteiger partial charge in [-0.3, -0.25) is 5.23 Å². The van der Waals surface area contributed by atoms with Crippen LogP contribution in [0.3, 0.4) is 0 Å². The summed E-state index contributed by atoms with van der Waals surface area (Å²) in [6.45, 7) is 2.42. The maximum Gasteiger partial charge on any atom is 0.154 e. The third-order valence-corrected chi connectivity index (χ3v) is 1.76. The van der Waals surface area contributed by atoms with Crippen molar-refractivity contribution in [1.29, 1.82) is 0 Å². The van der Waals surface area contributed by atoms with Crippen LogP contribution in [0.4, 0.5) is 0 Å². The molecule has 0 aliphatic heterocycles. The van der Waals surface area contributed by atoms with Crippen molar-refractivity contribution in [2.45, 2.75) is 32.2 Å². The first-order chi connectivity index (χ1) is 7.10. The fourth-order valence-corrected chi connectivity index (χ4v) is 1.01. The van der Waals surface area contributed by atoms with Gasteiger partial charge in [0.2, 0.25) is 0 Å². The monoisotopic (exact) mass is 222 g/mol. The topological polar surface area (TPSA) is 74.2 Å². The molecule has 6 heteroatoms. The molecule has 2 atom stereocenters. The average molecular weight is 222 g/mol. The van der Waals surface area contributed by atoms with E-state index in [4.69, 9.17) is 14.3 Å². The summed E-state index contributed by atoms with van der Waals surface area (Å²) < 4.78 is 10.2. The quantitative estimate of drug-likeness (QED) is 0.452. The fourth-order valence-electron chi connectivity index (χ4n) is 1.01. The highest BCUT2D eigenvalue weighted by Crippen LogP contribution is 2.05. The van der Waals surface area contributed by atoms with E-state index in [1.807, 2.05) is 6.92 Å². The van der Waals surface area contributed by atoms with Crippen molar-refractivity contribution in [3.8, 4) is 0 Å². The summed E-state index contributed by atoms with van der Waals surface area (Å²) in [5.41, 5.74) is 0. The Morgan fingerprint density at radius 3 is 2.60 bits per heavy atom. The van der Waals surface area contributed by atoms with Gasteiger partial charge in [0.15, 0.2) is 6.29 Å². The van der Waals surface area contributed by atoms with Gasteiger partial charge in [0.05, 0.1) is 19.3 Å². The lowest BCUT2D eigenvalue weighted by molar-refractivity contribution is -0.167. The highest BCUT2D eigenvalue weighted by Gasteiger charge is 2.13. The van der Waals surface area contributed by atoms with E-state index in [1.54, 1.807) is 7.11 Å². The molecule has 0 saturated carbocycles. The summed E-state index contributed by atoms with van der Waals surface area (Å²) in [4.78, 5) is 4.69. The maximum atomic E-state index is 10.4. The minimum absolute atomic E-state index is 0.241. The Morgan fingerprint density at radius 1 is 1.47 bits per heavy atom. The lowest BCUT2D eigenvalue weighted by Crippen LogP contribution is -2.27. The second-order valence-electron chi connectivity index (χ2n) is 3.14. The fraction of sp³-hybridized carbons (Fsp3) is 1.00. The summed E-state index contributed by atoms with van der Waals surface area (Å²) in [6.07, 6.45) is -0.0416. The molecule has 92 valence electrons. The van der Waals surface area contributed by atoms with Crippen LogP contribution >= 0.6 is 0 Å². The summed E-state index contributed by atoms with van der Waals surface area (Å²) in [7, 11) is 2.82. The summed E-state index contributed by atoms with van der Waals surface area (Å²) in [5.74, 6) is 0. The van der Waals surface area contributed by atoms with Crippen LogP contribution in [0.5, 0.6) is 0 Å². The van der Waals surface area contributed by atoms with Crippen molar-refractivity contribution < 1.29 is 19.4 Å². The van der Waals surface area contributed by atoms with Gasteiger partial charge in [-0.1, -0.05) is 6.92 Å². The number of methoxy groups -OCH3 is 1. The van der Waals surface area contributed by atoms with E-state index in [1.165, 1.54) is 7.05 Å². The minimum atomic E-state index is -0.796. The third kappa shape index (κ3) is 8.73. The molecule has 2 unspecified atom stereocenters. The lowest BCUT2D eigenvalue weighted by atomic mass is 10.3. The third-order valence-electron chi connectivity index (χ3n) is 1.76. The van der Waals surface area contributed by atoms with Crippen molar-refractivity contribution in [2.75, 3.05) is 27.4 Å². The lowest BCUT2D eigenvalue weighted by Gasteiger charge is -2.24. The zero-order valence-corrected chi connectivity index (χ0v) is 9.51. The number of hydroxylamine groups is 2. The molecule has 0 rings (SSSR count). The number of ether oxygens (including phenoxy) is 2. The molecule has 0 amide bonds. The highest BCUT2D eigenvalue weighted by atomic mass is 16.9. The van der Waals surface area contributed by atoms with Crippen LogP contribution in [0.25, 0.3) is 0 Å². The molecule has 0 aromatic carbocycles. The molecule has 0 radical (unpaired) electrons. The van der Waals surface area contributed by atoms with E-state index in [0.717, 1.165) is 0 Å². The highest BCUT2D eigenvalue weighted by molar-refractivity contribution is 4.57. The Bertz CT molecular complexity index is 144. The van der Waals surface area contributed by atoms with Crippen LogP contribution in [0.1, 0.15) is 19.8 Å². The number of hydrogen-bond acceptors (Lipinski definition) is 6. The van der Waals surface area contributed by atoms with Crippen LogP contribution in [0.15, 0.2) is 0 Å². The van der Waals surface area contributed by atoms with Gasteiger partial charge in [-0.05, 0) is 13.5 Å². The summed E-state index contributed by atoms with van der Waals surface area (Å²) in [6, 6.07) is 0. The van der Waals surface area contributed by atoms with Crippen LogP contribution in [-0.2, 0) is 14.3 Å². The zero-order chi connectivity index (χ0) is 11.7. The van der Waals surface area contributed by atoms with Gasteiger partial charge in [0.1, 0.15) is 0 Å². The summed E-state index contributed by atoms with van der Waals surface area (Å²) in [5, 5.41) is 20.1. The van der Waals surface area contributed by atoms with E-state index >= 15 is 0 Å². The SMILES string of the molecule is CCC(O)OC(CCON(C)[O-])COC. The first-order valence-corrected chi connectivity index (χ1v) is 4.96. The van der Waals surface area contributed by atoms with Gasteiger partial charge in [0, 0.05) is 13.5 Å².